The van der Waals surface area contributed by atoms with Crippen molar-refractivity contribution in [3.05, 3.63) is 78.1 Å². The molecule has 1 aromatic carbocycles. The van der Waals surface area contributed by atoms with Crippen LogP contribution in [0.25, 0.3) is 10.9 Å². The van der Waals surface area contributed by atoms with Crippen molar-refractivity contribution < 1.29 is 13.2 Å². The molecule has 1 aliphatic rings. The number of hydrogen-bond donors (Lipinski definition) is 3. The minimum Gasteiger partial charge on any atom is -0.361 e. The van der Waals surface area contributed by atoms with Crippen LogP contribution in [0.15, 0.2) is 66.1 Å². The number of hydrogen-bond acceptors (Lipinski definition) is 5. The molecule has 0 aliphatic heterocycles. The largest absolute Gasteiger partial charge is 0.361 e. The molecular formula is C29H36N6O3S. The summed E-state index contributed by atoms with van der Waals surface area (Å²) in [6.45, 7) is 3.38. The number of aromatic amines is 1. The van der Waals surface area contributed by atoms with E-state index in [1.807, 2.05) is 48.7 Å². The van der Waals surface area contributed by atoms with Gasteiger partial charge in [-0.3, -0.25) is 9.78 Å². The minimum absolute atomic E-state index is 0.117. The van der Waals surface area contributed by atoms with Gasteiger partial charge in [-0.25, -0.2) is 13.4 Å². The Morgan fingerprint density at radius 1 is 1.15 bits per heavy atom. The van der Waals surface area contributed by atoms with Crippen LogP contribution in [0.5, 0.6) is 0 Å². The summed E-state index contributed by atoms with van der Waals surface area (Å²) in [6.07, 6.45) is 10.5. The van der Waals surface area contributed by atoms with Crippen molar-refractivity contribution in [1.29, 1.82) is 0 Å². The van der Waals surface area contributed by atoms with E-state index < -0.39 is 21.5 Å². The number of sulfonamides is 1. The average Bonchev–Trinajstić information content (AvgIpc) is 3.50. The van der Waals surface area contributed by atoms with Crippen molar-refractivity contribution in [2.45, 2.75) is 69.0 Å². The molecule has 10 heteroatoms. The molecule has 206 valence electrons. The lowest BCUT2D eigenvalue weighted by Gasteiger charge is -2.35. The van der Waals surface area contributed by atoms with E-state index in [0.717, 1.165) is 47.8 Å². The molecule has 9 nitrogen and oxygen atoms in total. The highest BCUT2D eigenvalue weighted by atomic mass is 32.2. The molecule has 0 saturated heterocycles. The maximum Gasteiger partial charge on any atom is 0.260 e. The number of carbonyl (C=O) groups is 1. The van der Waals surface area contributed by atoms with E-state index in [1.54, 1.807) is 31.7 Å². The van der Waals surface area contributed by atoms with Gasteiger partial charge < -0.3 is 14.9 Å². The average molecular weight is 549 g/mol. The molecule has 0 spiro atoms. The third kappa shape index (κ3) is 5.77. The normalized spacial score (nSPS) is 17.1. The predicted molar refractivity (Wildman–Crippen MR) is 150 cm³/mol. The molecular weight excluding hydrogens is 512 g/mol. The molecule has 4 aromatic rings. The molecule has 3 N–H and O–H groups in total. The summed E-state index contributed by atoms with van der Waals surface area (Å²) in [4.78, 5) is 26.3. The Morgan fingerprint density at radius 2 is 1.90 bits per heavy atom. The van der Waals surface area contributed by atoms with Gasteiger partial charge in [0.25, 0.3) is 10.0 Å². The number of rotatable bonds is 9. The fourth-order valence-corrected chi connectivity index (χ4v) is 7.00. The van der Waals surface area contributed by atoms with Gasteiger partial charge >= 0.3 is 0 Å². The number of nitrogens with one attached hydrogen (secondary N) is 3. The summed E-state index contributed by atoms with van der Waals surface area (Å²) in [5, 5.41) is 4.06. The van der Waals surface area contributed by atoms with Crippen LogP contribution in [0, 0.1) is 12.8 Å². The van der Waals surface area contributed by atoms with Crippen molar-refractivity contribution in [3.8, 4) is 0 Å². The van der Waals surface area contributed by atoms with Gasteiger partial charge in [0.15, 0.2) is 5.03 Å². The van der Waals surface area contributed by atoms with Crippen LogP contribution in [-0.2, 0) is 28.3 Å². The molecule has 1 saturated carbocycles. The lowest BCUT2D eigenvalue weighted by molar-refractivity contribution is -0.127. The fraction of sp³-hybridized carbons (Fsp3) is 0.414. The first-order chi connectivity index (χ1) is 18.7. The van der Waals surface area contributed by atoms with E-state index in [0.29, 0.717) is 5.82 Å². The highest BCUT2D eigenvalue weighted by Crippen LogP contribution is 2.34. The number of nitrogens with zero attached hydrogens (tertiary/aromatic N) is 3. The van der Waals surface area contributed by atoms with Crippen LogP contribution in [-0.4, -0.2) is 39.4 Å². The number of amides is 1. The molecule has 3 heterocycles. The molecule has 0 radical (unpaired) electrons. The molecule has 0 bridgehead atoms. The van der Waals surface area contributed by atoms with Crippen molar-refractivity contribution in [1.82, 2.24) is 29.6 Å². The number of carbonyl (C=O) groups excluding carboxylic acids is 1. The third-order valence-corrected chi connectivity index (χ3v) is 9.32. The van der Waals surface area contributed by atoms with E-state index in [1.165, 1.54) is 12.6 Å². The molecule has 1 aliphatic carbocycles. The zero-order valence-corrected chi connectivity index (χ0v) is 23.5. The predicted octanol–water partition coefficient (Wildman–Crippen LogP) is 4.32. The van der Waals surface area contributed by atoms with E-state index in [-0.39, 0.29) is 23.4 Å². The van der Waals surface area contributed by atoms with Crippen LogP contribution in [0.4, 0.5) is 0 Å². The Morgan fingerprint density at radius 3 is 2.59 bits per heavy atom. The van der Waals surface area contributed by atoms with Gasteiger partial charge in [-0.05, 0) is 56.4 Å². The number of fused-ring (bicyclic) bond motifs is 1. The van der Waals surface area contributed by atoms with Gasteiger partial charge in [-0.1, -0.05) is 43.5 Å². The molecule has 2 atom stereocenters. The molecule has 39 heavy (non-hydrogen) atoms. The number of aryl methyl sites for hydroxylation is 2. The van der Waals surface area contributed by atoms with Gasteiger partial charge in [0.05, 0.1) is 11.7 Å². The van der Waals surface area contributed by atoms with Gasteiger partial charge in [-0.15, -0.1) is 0 Å². The minimum atomic E-state index is -4.11. The Labute approximate surface area is 229 Å². The Bertz CT molecular complexity index is 1540. The summed E-state index contributed by atoms with van der Waals surface area (Å²) in [6, 6.07) is 13.2. The SMILES string of the molecule is Cc1nc(S(=O)(=O)NC(C)(Cc2c[nH]c3ccccc23)C(=O)NC(c2ccccn2)C2CCCCC2)cn1C. The standard InChI is InChI=1S/C29H36N6O3S/c1-20-32-26(19-35(20)3)39(37,38)34-29(2,17-22-18-31-24-14-8-7-13-23(22)24)28(36)33-27(21-11-5-4-6-12-21)25-15-9-10-16-30-25/h7-10,13-16,18-19,21,27,31,34H,4-6,11-12,17H2,1-3H3,(H,33,36). The highest BCUT2D eigenvalue weighted by Gasteiger charge is 2.41. The number of imidazole rings is 1. The Kier molecular flexibility index (Phi) is 7.59. The van der Waals surface area contributed by atoms with Crippen LogP contribution in [0.3, 0.4) is 0 Å². The first-order valence-corrected chi connectivity index (χ1v) is 15.0. The van der Waals surface area contributed by atoms with Crippen LogP contribution in [0.1, 0.15) is 62.2 Å². The van der Waals surface area contributed by atoms with Crippen LogP contribution in [0.2, 0.25) is 0 Å². The number of pyridine rings is 1. The van der Waals surface area contributed by atoms with Gasteiger partial charge in [0, 0.05) is 43.0 Å². The first-order valence-electron chi connectivity index (χ1n) is 13.5. The number of benzene rings is 1. The Hall–Kier alpha value is -3.50. The molecule has 2 unspecified atom stereocenters. The highest BCUT2D eigenvalue weighted by molar-refractivity contribution is 7.89. The second-order valence-electron chi connectivity index (χ2n) is 10.8. The summed E-state index contributed by atoms with van der Waals surface area (Å²) in [5.41, 5.74) is 1.05. The van der Waals surface area contributed by atoms with E-state index >= 15 is 0 Å². The van der Waals surface area contributed by atoms with E-state index in [4.69, 9.17) is 0 Å². The van der Waals surface area contributed by atoms with Gasteiger partial charge in [0.2, 0.25) is 5.91 Å². The summed E-state index contributed by atoms with van der Waals surface area (Å²) in [5.74, 6) is 0.390. The zero-order valence-electron chi connectivity index (χ0n) is 22.6. The summed E-state index contributed by atoms with van der Waals surface area (Å²) in [7, 11) is -2.38. The molecule has 5 rings (SSSR count). The number of H-pyrrole nitrogens is 1. The second-order valence-corrected chi connectivity index (χ2v) is 12.4. The fourth-order valence-electron chi connectivity index (χ4n) is 5.59. The van der Waals surface area contributed by atoms with Crippen molar-refractivity contribution in [2.24, 2.45) is 13.0 Å². The van der Waals surface area contributed by atoms with Crippen molar-refractivity contribution >= 4 is 26.8 Å². The first kappa shape index (κ1) is 27.1. The molecule has 1 amide bonds. The summed E-state index contributed by atoms with van der Waals surface area (Å²) < 4.78 is 31.5. The number of aromatic nitrogens is 4. The van der Waals surface area contributed by atoms with Gasteiger partial charge in [-0.2, -0.15) is 4.72 Å². The maximum absolute atomic E-state index is 14.2. The molecule has 3 aromatic heterocycles. The van der Waals surface area contributed by atoms with Crippen molar-refractivity contribution in [3.63, 3.8) is 0 Å². The summed E-state index contributed by atoms with van der Waals surface area (Å²) >= 11 is 0. The maximum atomic E-state index is 14.2. The molecule has 1 fully saturated rings. The Balaban J connectivity index is 1.52. The smallest absolute Gasteiger partial charge is 0.260 e. The second kappa shape index (κ2) is 10.9. The zero-order chi connectivity index (χ0) is 27.6. The lowest BCUT2D eigenvalue weighted by atomic mass is 9.82. The quantitative estimate of drug-likeness (QED) is 0.288. The topological polar surface area (TPSA) is 122 Å². The number of para-hydroxylation sites is 1. The van der Waals surface area contributed by atoms with Crippen LogP contribution >= 0.6 is 0 Å². The van der Waals surface area contributed by atoms with E-state index in [2.05, 4.69) is 25.0 Å². The van der Waals surface area contributed by atoms with Gasteiger partial charge in [0.1, 0.15) is 11.4 Å². The van der Waals surface area contributed by atoms with Crippen LogP contribution < -0.4 is 10.0 Å². The van der Waals surface area contributed by atoms with Crippen molar-refractivity contribution in [2.75, 3.05) is 0 Å². The monoisotopic (exact) mass is 548 g/mol. The lowest BCUT2D eigenvalue weighted by Crippen LogP contribution is -2.59. The third-order valence-electron chi connectivity index (χ3n) is 7.86. The van der Waals surface area contributed by atoms with E-state index in [9.17, 15) is 13.2 Å².